The van der Waals surface area contributed by atoms with Crippen LogP contribution in [0, 0.1) is 0 Å². The fraction of sp³-hybridized carbons (Fsp3) is 0.647. The summed E-state index contributed by atoms with van der Waals surface area (Å²) in [6.45, 7) is 9.47. The number of hydrogen-bond acceptors (Lipinski definition) is 5. The standard InChI is InChI=1S/C17H29N5O2.HI/c1-4-18-17(20-7-9-23-3)21-12-15-5-6-19-16(11-15)22-8-10-24-14(2)13-22;/h5-6,11,14H,4,7-10,12-13H2,1-3H3,(H2,18,20,21);1H. The molecule has 7 nitrogen and oxygen atoms in total. The van der Waals surface area contributed by atoms with Crippen LogP contribution >= 0.6 is 24.0 Å². The topological polar surface area (TPSA) is 71.0 Å². The van der Waals surface area contributed by atoms with Gasteiger partial charge in [-0.2, -0.15) is 0 Å². The highest BCUT2D eigenvalue weighted by atomic mass is 127. The third-order valence-corrected chi connectivity index (χ3v) is 3.74. The van der Waals surface area contributed by atoms with Crippen molar-refractivity contribution in [1.29, 1.82) is 0 Å². The molecule has 1 aliphatic heterocycles. The molecule has 0 bridgehead atoms. The molecule has 0 amide bonds. The lowest BCUT2D eigenvalue weighted by atomic mass is 10.2. The van der Waals surface area contributed by atoms with Crippen molar-refractivity contribution in [2.24, 2.45) is 4.99 Å². The molecule has 2 rings (SSSR count). The van der Waals surface area contributed by atoms with Crippen molar-refractivity contribution >= 4 is 35.8 Å². The monoisotopic (exact) mass is 463 g/mol. The molecule has 2 N–H and O–H groups in total. The van der Waals surface area contributed by atoms with E-state index >= 15 is 0 Å². The Hall–Kier alpha value is -1.13. The van der Waals surface area contributed by atoms with Crippen molar-refractivity contribution in [3.63, 3.8) is 0 Å². The van der Waals surface area contributed by atoms with Gasteiger partial charge < -0.3 is 25.0 Å². The molecule has 0 saturated carbocycles. The number of anilines is 1. The molecule has 0 aromatic carbocycles. The number of aliphatic imine (C=N–C) groups is 1. The Bertz CT molecular complexity index is 530. The highest BCUT2D eigenvalue weighted by Gasteiger charge is 2.17. The van der Waals surface area contributed by atoms with Crippen LogP contribution in [0.15, 0.2) is 23.3 Å². The van der Waals surface area contributed by atoms with Gasteiger partial charge in [-0.15, -0.1) is 24.0 Å². The molecule has 1 aromatic heterocycles. The number of nitrogens with one attached hydrogen (secondary N) is 2. The zero-order valence-corrected chi connectivity index (χ0v) is 17.7. The zero-order chi connectivity index (χ0) is 17.2. The summed E-state index contributed by atoms with van der Waals surface area (Å²) in [5, 5.41) is 6.48. The van der Waals surface area contributed by atoms with Gasteiger partial charge in [-0.05, 0) is 31.5 Å². The van der Waals surface area contributed by atoms with Crippen LogP contribution in [0.1, 0.15) is 19.4 Å². The van der Waals surface area contributed by atoms with E-state index < -0.39 is 0 Å². The maximum atomic E-state index is 5.59. The fourth-order valence-electron chi connectivity index (χ4n) is 2.54. The Balaban J connectivity index is 0.00000312. The van der Waals surface area contributed by atoms with Crippen LogP contribution in [0.3, 0.4) is 0 Å². The molecule has 2 heterocycles. The number of methoxy groups -OCH3 is 1. The molecule has 8 heteroatoms. The second-order valence-electron chi connectivity index (χ2n) is 5.76. The summed E-state index contributed by atoms with van der Waals surface area (Å²) in [4.78, 5) is 11.4. The molecule has 1 fully saturated rings. The first kappa shape index (κ1) is 21.9. The van der Waals surface area contributed by atoms with Gasteiger partial charge in [-0.1, -0.05) is 0 Å². The zero-order valence-electron chi connectivity index (χ0n) is 15.3. The highest BCUT2D eigenvalue weighted by Crippen LogP contribution is 2.16. The molecule has 1 unspecified atom stereocenters. The molecule has 1 aromatic rings. The Morgan fingerprint density at radius 2 is 2.32 bits per heavy atom. The number of nitrogens with zero attached hydrogens (tertiary/aromatic N) is 3. The average molecular weight is 463 g/mol. The van der Waals surface area contributed by atoms with E-state index in [1.807, 2.05) is 12.3 Å². The Labute approximate surface area is 167 Å². The lowest BCUT2D eigenvalue weighted by Crippen LogP contribution is -2.41. The number of guanidine groups is 1. The summed E-state index contributed by atoms with van der Waals surface area (Å²) in [6, 6.07) is 4.12. The van der Waals surface area contributed by atoms with Crippen molar-refractivity contribution in [2.75, 3.05) is 51.4 Å². The van der Waals surface area contributed by atoms with Crippen molar-refractivity contribution in [3.8, 4) is 0 Å². The summed E-state index contributed by atoms with van der Waals surface area (Å²) in [7, 11) is 1.69. The van der Waals surface area contributed by atoms with Gasteiger partial charge in [-0.25, -0.2) is 9.98 Å². The third-order valence-electron chi connectivity index (χ3n) is 3.74. The van der Waals surface area contributed by atoms with Gasteiger partial charge in [0.05, 0.1) is 25.9 Å². The second-order valence-corrected chi connectivity index (χ2v) is 5.76. The second kappa shape index (κ2) is 12.3. The van der Waals surface area contributed by atoms with Gasteiger partial charge >= 0.3 is 0 Å². The first-order valence-corrected chi connectivity index (χ1v) is 8.55. The van der Waals surface area contributed by atoms with Crippen molar-refractivity contribution in [1.82, 2.24) is 15.6 Å². The predicted octanol–water partition coefficient (Wildman–Crippen LogP) is 1.63. The van der Waals surface area contributed by atoms with E-state index in [2.05, 4.69) is 45.4 Å². The van der Waals surface area contributed by atoms with Crippen LogP contribution in [-0.2, 0) is 16.0 Å². The maximum absolute atomic E-state index is 5.59. The van der Waals surface area contributed by atoms with Crippen molar-refractivity contribution < 1.29 is 9.47 Å². The molecular formula is C17H30IN5O2. The summed E-state index contributed by atoms with van der Waals surface area (Å²) in [5.74, 6) is 1.79. The molecule has 0 radical (unpaired) electrons. The molecule has 1 saturated heterocycles. The first-order chi connectivity index (χ1) is 11.7. The molecule has 142 valence electrons. The van der Waals surface area contributed by atoms with Crippen LogP contribution in [0.25, 0.3) is 0 Å². The smallest absolute Gasteiger partial charge is 0.191 e. The van der Waals surface area contributed by atoms with Gasteiger partial charge in [0.2, 0.25) is 0 Å². The quantitative estimate of drug-likeness (QED) is 0.277. The Morgan fingerprint density at radius 3 is 3.04 bits per heavy atom. The molecular weight excluding hydrogens is 433 g/mol. The Morgan fingerprint density at radius 1 is 1.48 bits per heavy atom. The van der Waals surface area contributed by atoms with Crippen LogP contribution in [0.5, 0.6) is 0 Å². The van der Waals surface area contributed by atoms with Crippen LogP contribution in [0.4, 0.5) is 5.82 Å². The Kier molecular flexibility index (Phi) is 10.7. The van der Waals surface area contributed by atoms with E-state index in [0.29, 0.717) is 13.2 Å². The summed E-state index contributed by atoms with van der Waals surface area (Å²) in [6.07, 6.45) is 2.10. The molecule has 1 aliphatic rings. The fourth-order valence-corrected chi connectivity index (χ4v) is 2.54. The number of ether oxygens (including phenoxy) is 2. The normalized spacial score (nSPS) is 17.8. The lowest BCUT2D eigenvalue weighted by Gasteiger charge is -2.32. The number of hydrogen-bond donors (Lipinski definition) is 2. The van der Waals surface area contributed by atoms with Gasteiger partial charge in [0.1, 0.15) is 5.82 Å². The number of halogens is 1. The highest BCUT2D eigenvalue weighted by molar-refractivity contribution is 14.0. The van der Waals surface area contributed by atoms with Crippen molar-refractivity contribution in [3.05, 3.63) is 23.9 Å². The van der Waals surface area contributed by atoms with E-state index in [1.165, 1.54) is 0 Å². The largest absolute Gasteiger partial charge is 0.383 e. The van der Waals surface area contributed by atoms with Crippen LogP contribution in [0.2, 0.25) is 0 Å². The molecule has 25 heavy (non-hydrogen) atoms. The van der Waals surface area contributed by atoms with Crippen LogP contribution in [-0.4, -0.2) is 63.6 Å². The number of pyridine rings is 1. The third kappa shape index (κ3) is 7.74. The summed E-state index contributed by atoms with van der Waals surface area (Å²) >= 11 is 0. The van der Waals surface area contributed by atoms with Gasteiger partial charge in [0, 0.05) is 39.5 Å². The lowest BCUT2D eigenvalue weighted by molar-refractivity contribution is 0.0529. The average Bonchev–Trinajstić information content (AvgIpc) is 2.60. The van der Waals surface area contributed by atoms with Gasteiger partial charge in [-0.3, -0.25) is 0 Å². The van der Waals surface area contributed by atoms with E-state index in [1.54, 1.807) is 7.11 Å². The van der Waals surface area contributed by atoms with E-state index in [-0.39, 0.29) is 30.1 Å². The summed E-state index contributed by atoms with van der Waals surface area (Å²) in [5.41, 5.74) is 1.14. The maximum Gasteiger partial charge on any atom is 0.191 e. The minimum absolute atomic E-state index is 0. The minimum atomic E-state index is 0. The van der Waals surface area contributed by atoms with E-state index in [0.717, 1.165) is 50.1 Å². The van der Waals surface area contributed by atoms with E-state index in [9.17, 15) is 0 Å². The van der Waals surface area contributed by atoms with Crippen molar-refractivity contribution in [2.45, 2.75) is 26.5 Å². The molecule has 0 aliphatic carbocycles. The molecule has 1 atom stereocenters. The van der Waals surface area contributed by atoms with E-state index in [4.69, 9.17) is 9.47 Å². The number of aromatic nitrogens is 1. The predicted molar refractivity (Wildman–Crippen MR) is 112 cm³/mol. The minimum Gasteiger partial charge on any atom is -0.383 e. The van der Waals surface area contributed by atoms with Crippen LogP contribution < -0.4 is 15.5 Å². The molecule has 0 spiro atoms. The number of rotatable bonds is 7. The first-order valence-electron chi connectivity index (χ1n) is 8.55. The number of morpholine rings is 1. The van der Waals surface area contributed by atoms with Gasteiger partial charge in [0.15, 0.2) is 5.96 Å². The van der Waals surface area contributed by atoms with Gasteiger partial charge in [0.25, 0.3) is 0 Å². The SMILES string of the molecule is CCNC(=NCc1ccnc(N2CCOC(C)C2)c1)NCCOC.I. The summed E-state index contributed by atoms with van der Waals surface area (Å²) < 4.78 is 10.6.